The van der Waals surface area contributed by atoms with Crippen LogP contribution in [0, 0.1) is 0 Å². The molecule has 0 fully saturated rings. The van der Waals surface area contributed by atoms with E-state index in [4.69, 9.17) is 21.1 Å². The number of hydrogen-bond acceptors (Lipinski definition) is 5. The van der Waals surface area contributed by atoms with Crippen LogP contribution >= 0.6 is 11.6 Å². The van der Waals surface area contributed by atoms with Crippen LogP contribution in [0.15, 0.2) is 77.7 Å². The van der Waals surface area contributed by atoms with Crippen molar-refractivity contribution in [1.82, 2.24) is 5.32 Å². The Bertz CT molecular complexity index is 1220. The fourth-order valence-electron chi connectivity index (χ4n) is 3.38. The van der Waals surface area contributed by atoms with Crippen LogP contribution in [0.25, 0.3) is 0 Å². The number of carbonyl (C=O) groups is 1. The van der Waals surface area contributed by atoms with Crippen molar-refractivity contribution in [2.45, 2.75) is 17.7 Å². The van der Waals surface area contributed by atoms with E-state index in [1.165, 1.54) is 25.3 Å². The first-order valence-electron chi connectivity index (χ1n) is 10.7. The average molecular weight is 503 g/mol. The monoisotopic (exact) mass is 502 g/mol. The second kappa shape index (κ2) is 11.8. The summed E-state index contributed by atoms with van der Waals surface area (Å²) >= 11 is 6.23. The predicted octanol–water partition coefficient (Wildman–Crippen LogP) is 4.30. The van der Waals surface area contributed by atoms with E-state index < -0.39 is 15.9 Å². The molecule has 0 saturated carbocycles. The molecule has 0 aliphatic rings. The molecule has 7 nitrogen and oxygen atoms in total. The van der Waals surface area contributed by atoms with Gasteiger partial charge in [-0.2, -0.15) is 0 Å². The van der Waals surface area contributed by atoms with E-state index in [0.717, 1.165) is 22.0 Å². The molecular weight excluding hydrogens is 476 g/mol. The fourth-order valence-corrected chi connectivity index (χ4v) is 5.07. The fraction of sp³-hybridized carbons (Fsp3) is 0.240. The summed E-state index contributed by atoms with van der Waals surface area (Å²) in [5.41, 5.74) is 1.36. The van der Waals surface area contributed by atoms with Crippen LogP contribution < -0.4 is 19.1 Å². The molecule has 180 valence electrons. The highest BCUT2D eigenvalue weighted by atomic mass is 35.5. The third kappa shape index (κ3) is 6.42. The third-order valence-electron chi connectivity index (χ3n) is 5.14. The van der Waals surface area contributed by atoms with Gasteiger partial charge in [0.15, 0.2) is 0 Å². The number of ether oxygens (including phenoxy) is 2. The molecule has 9 heteroatoms. The molecule has 0 spiro atoms. The number of anilines is 1. The van der Waals surface area contributed by atoms with E-state index in [-0.39, 0.29) is 22.2 Å². The lowest BCUT2D eigenvalue weighted by molar-refractivity contribution is -0.119. The second-order valence-corrected chi connectivity index (χ2v) is 9.72. The summed E-state index contributed by atoms with van der Waals surface area (Å²) in [6.07, 6.45) is 1.44. The van der Waals surface area contributed by atoms with Gasteiger partial charge in [-0.05, 0) is 60.9 Å². The van der Waals surface area contributed by atoms with Crippen molar-refractivity contribution >= 4 is 33.2 Å². The molecular formula is C25H27ClN2O5S. The van der Waals surface area contributed by atoms with Gasteiger partial charge in [0.05, 0.1) is 29.8 Å². The highest BCUT2D eigenvalue weighted by molar-refractivity contribution is 7.92. The molecule has 0 unspecified atom stereocenters. The van der Waals surface area contributed by atoms with Crippen LogP contribution in [-0.4, -0.2) is 41.6 Å². The summed E-state index contributed by atoms with van der Waals surface area (Å²) in [5, 5.41) is 3.05. The zero-order valence-electron chi connectivity index (χ0n) is 19.0. The highest BCUT2D eigenvalue weighted by Gasteiger charge is 2.27. The summed E-state index contributed by atoms with van der Waals surface area (Å²) in [6.45, 7) is 0.0116. The number of amides is 1. The largest absolute Gasteiger partial charge is 0.497 e. The molecule has 0 heterocycles. The summed E-state index contributed by atoms with van der Waals surface area (Å²) < 4.78 is 38.2. The topological polar surface area (TPSA) is 84.9 Å². The summed E-state index contributed by atoms with van der Waals surface area (Å²) in [7, 11) is -0.921. The maximum Gasteiger partial charge on any atom is 0.264 e. The Hall–Kier alpha value is -3.23. The van der Waals surface area contributed by atoms with Gasteiger partial charge < -0.3 is 14.8 Å². The number of sulfonamides is 1. The number of halogens is 1. The molecule has 3 rings (SSSR count). The maximum atomic E-state index is 13.4. The van der Waals surface area contributed by atoms with Gasteiger partial charge >= 0.3 is 0 Å². The van der Waals surface area contributed by atoms with Crippen LogP contribution in [-0.2, 0) is 21.2 Å². The zero-order chi connectivity index (χ0) is 24.6. The molecule has 0 atom stereocenters. The Morgan fingerprint density at radius 1 is 0.971 bits per heavy atom. The Balaban J connectivity index is 1.72. The maximum absolute atomic E-state index is 13.4. The minimum absolute atomic E-state index is 0.0766. The third-order valence-corrected chi connectivity index (χ3v) is 7.22. The molecule has 0 aliphatic carbocycles. The number of rotatable bonds is 11. The number of carbonyl (C=O) groups excluding carboxylic acids is 1. The normalized spacial score (nSPS) is 11.0. The first-order chi connectivity index (χ1) is 16.3. The van der Waals surface area contributed by atoms with Crippen LogP contribution in [0.2, 0.25) is 5.02 Å². The molecule has 3 aromatic rings. The number of methoxy groups -OCH3 is 2. The van der Waals surface area contributed by atoms with Crippen LogP contribution in [0.1, 0.15) is 12.0 Å². The van der Waals surface area contributed by atoms with Crippen LogP contribution in [0.4, 0.5) is 5.69 Å². The molecule has 0 aromatic heterocycles. The minimum Gasteiger partial charge on any atom is -0.497 e. The number of nitrogens with zero attached hydrogens (tertiary/aromatic N) is 1. The number of aryl methyl sites for hydroxylation is 1. The average Bonchev–Trinajstić information content (AvgIpc) is 2.85. The molecule has 1 N–H and O–H groups in total. The van der Waals surface area contributed by atoms with E-state index >= 15 is 0 Å². The lowest BCUT2D eigenvalue weighted by atomic mass is 10.1. The highest BCUT2D eigenvalue weighted by Crippen LogP contribution is 2.31. The van der Waals surface area contributed by atoms with Crippen molar-refractivity contribution in [2.24, 2.45) is 0 Å². The number of benzene rings is 3. The van der Waals surface area contributed by atoms with E-state index in [1.54, 1.807) is 37.4 Å². The lowest BCUT2D eigenvalue weighted by Crippen LogP contribution is -2.41. The van der Waals surface area contributed by atoms with Crippen molar-refractivity contribution in [1.29, 1.82) is 0 Å². The van der Waals surface area contributed by atoms with Gasteiger partial charge in [-0.3, -0.25) is 9.10 Å². The SMILES string of the molecule is COc1cccc(CCCNC(=O)CN(c2ccc(OC)c(Cl)c2)S(=O)(=O)c2ccccc2)c1. The van der Waals surface area contributed by atoms with Crippen molar-refractivity contribution in [2.75, 3.05) is 31.6 Å². The van der Waals surface area contributed by atoms with Crippen molar-refractivity contribution < 1.29 is 22.7 Å². The molecule has 1 amide bonds. The van der Waals surface area contributed by atoms with E-state index in [1.807, 2.05) is 24.3 Å². The van der Waals surface area contributed by atoms with Gasteiger partial charge in [0.1, 0.15) is 18.0 Å². The van der Waals surface area contributed by atoms with Gasteiger partial charge in [0.2, 0.25) is 5.91 Å². The molecule has 0 radical (unpaired) electrons. The van der Waals surface area contributed by atoms with Gasteiger partial charge in [0, 0.05) is 6.54 Å². The Morgan fingerprint density at radius 2 is 1.74 bits per heavy atom. The van der Waals surface area contributed by atoms with E-state index in [0.29, 0.717) is 18.7 Å². The molecule has 0 bridgehead atoms. The van der Waals surface area contributed by atoms with Crippen LogP contribution in [0.3, 0.4) is 0 Å². The zero-order valence-corrected chi connectivity index (χ0v) is 20.6. The lowest BCUT2D eigenvalue weighted by Gasteiger charge is -2.24. The number of hydrogen-bond donors (Lipinski definition) is 1. The Labute approximate surface area is 205 Å². The first kappa shape index (κ1) is 25.4. The summed E-state index contributed by atoms with van der Waals surface area (Å²) in [5.74, 6) is 0.767. The van der Waals surface area contributed by atoms with E-state index in [9.17, 15) is 13.2 Å². The van der Waals surface area contributed by atoms with Crippen LogP contribution in [0.5, 0.6) is 11.5 Å². The van der Waals surface area contributed by atoms with Crippen molar-refractivity contribution in [3.05, 3.63) is 83.4 Å². The Kier molecular flexibility index (Phi) is 8.79. The van der Waals surface area contributed by atoms with E-state index in [2.05, 4.69) is 5.32 Å². The Morgan fingerprint density at radius 3 is 2.41 bits per heavy atom. The van der Waals surface area contributed by atoms with Crippen molar-refractivity contribution in [3.63, 3.8) is 0 Å². The predicted molar refractivity (Wildman–Crippen MR) is 133 cm³/mol. The standard InChI is InChI=1S/C25H27ClN2O5S/c1-32-21-10-6-8-19(16-21)9-7-15-27-25(29)18-28(20-13-14-24(33-2)23(26)17-20)34(30,31)22-11-4-3-5-12-22/h3-6,8,10-14,16-17H,7,9,15,18H2,1-2H3,(H,27,29). The molecule has 34 heavy (non-hydrogen) atoms. The summed E-state index contributed by atoms with van der Waals surface area (Å²) in [4.78, 5) is 12.8. The first-order valence-corrected chi connectivity index (χ1v) is 12.5. The quantitative estimate of drug-likeness (QED) is 0.395. The van der Waals surface area contributed by atoms with Gasteiger partial charge in [0.25, 0.3) is 10.0 Å². The van der Waals surface area contributed by atoms with Gasteiger partial charge in [-0.15, -0.1) is 0 Å². The minimum atomic E-state index is -4.01. The van der Waals surface area contributed by atoms with Crippen molar-refractivity contribution in [3.8, 4) is 11.5 Å². The summed E-state index contributed by atoms with van der Waals surface area (Å²) in [6, 6.07) is 20.3. The second-order valence-electron chi connectivity index (χ2n) is 7.45. The molecule has 0 saturated heterocycles. The molecule has 0 aliphatic heterocycles. The smallest absolute Gasteiger partial charge is 0.264 e. The van der Waals surface area contributed by atoms with Gasteiger partial charge in [-0.25, -0.2) is 8.42 Å². The molecule has 3 aromatic carbocycles. The van der Waals surface area contributed by atoms with Gasteiger partial charge in [-0.1, -0.05) is 41.9 Å². The number of nitrogens with one attached hydrogen (secondary N) is 1.